The van der Waals surface area contributed by atoms with Crippen molar-refractivity contribution in [3.05, 3.63) is 83.9 Å². The van der Waals surface area contributed by atoms with E-state index >= 15 is 0 Å². The molecule has 0 fully saturated rings. The van der Waals surface area contributed by atoms with E-state index < -0.39 is 9.84 Å². The largest absolute Gasteiger partial charge is 0.496 e. The second-order valence-electron chi connectivity index (χ2n) is 7.81. The molecule has 0 amide bonds. The first-order chi connectivity index (χ1) is 15.9. The fourth-order valence-corrected chi connectivity index (χ4v) is 5.46. The van der Waals surface area contributed by atoms with Crippen molar-refractivity contribution >= 4 is 37.9 Å². The van der Waals surface area contributed by atoms with Gasteiger partial charge in [0.1, 0.15) is 22.0 Å². The molecule has 0 saturated carbocycles. The van der Waals surface area contributed by atoms with Crippen molar-refractivity contribution in [3.8, 4) is 5.75 Å². The summed E-state index contributed by atoms with van der Waals surface area (Å²) in [5.74, 6) is 0.766. The van der Waals surface area contributed by atoms with Crippen molar-refractivity contribution in [1.82, 2.24) is 14.5 Å². The zero-order valence-electron chi connectivity index (χ0n) is 18.2. The molecule has 33 heavy (non-hydrogen) atoms. The third-order valence-corrected chi connectivity index (χ3v) is 7.50. The minimum atomic E-state index is -3.95. The molecule has 0 atom stereocenters. The Bertz CT molecular complexity index is 1610. The van der Waals surface area contributed by atoms with Crippen LogP contribution in [0, 0.1) is 6.92 Å². The Morgan fingerprint density at radius 2 is 1.55 bits per heavy atom. The van der Waals surface area contributed by atoms with Gasteiger partial charge in [-0.2, -0.15) is 0 Å². The zero-order chi connectivity index (χ0) is 23.2. The third kappa shape index (κ3) is 3.48. The Kier molecular flexibility index (Phi) is 5.02. The van der Waals surface area contributed by atoms with E-state index in [2.05, 4.69) is 4.98 Å². The van der Waals surface area contributed by atoms with Crippen LogP contribution in [0.3, 0.4) is 0 Å². The molecule has 0 radical (unpaired) electrons. The van der Waals surface area contributed by atoms with Crippen molar-refractivity contribution in [2.24, 2.45) is 0 Å². The van der Waals surface area contributed by atoms with Crippen LogP contribution in [0.4, 0.5) is 5.82 Å². The Hall–Kier alpha value is -3.91. The molecule has 5 aromatic rings. The van der Waals surface area contributed by atoms with Crippen LogP contribution in [0.5, 0.6) is 5.75 Å². The number of nitrogen functional groups attached to an aromatic ring is 1. The lowest BCUT2D eigenvalue weighted by molar-refractivity contribution is 0.408. The van der Waals surface area contributed by atoms with Gasteiger partial charge in [0.05, 0.1) is 29.6 Å². The fraction of sp³-hybridized carbons (Fsp3) is 0.120. The average Bonchev–Trinajstić information content (AvgIpc) is 3.09. The van der Waals surface area contributed by atoms with Crippen LogP contribution in [0.15, 0.2) is 82.6 Å². The van der Waals surface area contributed by atoms with E-state index in [0.29, 0.717) is 22.4 Å². The quantitative estimate of drug-likeness (QED) is 0.420. The predicted octanol–water partition coefficient (Wildman–Crippen LogP) is 4.36. The summed E-state index contributed by atoms with van der Waals surface area (Å²) in [6.45, 7) is 2.18. The number of sulfone groups is 1. The highest BCUT2D eigenvalue weighted by Crippen LogP contribution is 2.36. The van der Waals surface area contributed by atoms with Crippen LogP contribution < -0.4 is 10.5 Å². The van der Waals surface area contributed by atoms with Gasteiger partial charge in [-0.15, -0.1) is 0 Å². The third-order valence-electron chi connectivity index (χ3n) is 5.67. The number of nitrogens with zero attached hydrogens (tertiary/aromatic N) is 3. The van der Waals surface area contributed by atoms with Gasteiger partial charge in [0.15, 0.2) is 5.65 Å². The minimum Gasteiger partial charge on any atom is -0.496 e. The van der Waals surface area contributed by atoms with Crippen molar-refractivity contribution < 1.29 is 13.2 Å². The number of hydrogen-bond donors (Lipinski definition) is 1. The van der Waals surface area contributed by atoms with E-state index in [1.165, 1.54) is 0 Å². The first-order valence-electron chi connectivity index (χ1n) is 10.4. The monoisotopic (exact) mass is 458 g/mol. The van der Waals surface area contributed by atoms with Gasteiger partial charge in [0.2, 0.25) is 9.84 Å². The van der Waals surface area contributed by atoms with Crippen molar-refractivity contribution in [2.45, 2.75) is 23.3 Å². The smallest absolute Gasteiger partial charge is 0.212 e. The number of hydrogen-bond acceptors (Lipinski definition) is 6. The summed E-state index contributed by atoms with van der Waals surface area (Å²) in [5.41, 5.74) is 10.3. The van der Waals surface area contributed by atoms with E-state index in [1.54, 1.807) is 42.0 Å². The number of para-hydroxylation sites is 3. The Morgan fingerprint density at radius 3 is 2.24 bits per heavy atom. The lowest BCUT2D eigenvalue weighted by Gasteiger charge is -2.12. The Balaban J connectivity index is 1.81. The molecule has 0 aliphatic carbocycles. The van der Waals surface area contributed by atoms with Crippen molar-refractivity contribution in [2.75, 3.05) is 12.8 Å². The molecule has 5 rings (SSSR count). The maximum Gasteiger partial charge on any atom is 0.212 e. The molecule has 2 N–H and O–H groups in total. The summed E-state index contributed by atoms with van der Waals surface area (Å²) in [5, 5.41) is 0. The number of methoxy groups -OCH3 is 1. The van der Waals surface area contributed by atoms with Gasteiger partial charge in [0, 0.05) is 5.56 Å². The maximum atomic E-state index is 13.7. The molecule has 2 aromatic heterocycles. The molecule has 166 valence electrons. The van der Waals surface area contributed by atoms with E-state index in [1.807, 2.05) is 49.4 Å². The number of nitrogens with two attached hydrogens (primary N) is 1. The lowest BCUT2D eigenvalue weighted by atomic mass is 10.2. The molecule has 7 nitrogen and oxygen atoms in total. The van der Waals surface area contributed by atoms with Crippen molar-refractivity contribution in [3.63, 3.8) is 0 Å². The second-order valence-corrected chi connectivity index (χ2v) is 9.70. The van der Waals surface area contributed by atoms with Gasteiger partial charge in [0.25, 0.3) is 0 Å². The number of aryl methyl sites for hydroxylation is 1. The van der Waals surface area contributed by atoms with E-state index in [-0.39, 0.29) is 27.7 Å². The normalized spacial score (nSPS) is 11.8. The van der Waals surface area contributed by atoms with Gasteiger partial charge in [-0.3, -0.25) is 0 Å². The van der Waals surface area contributed by atoms with Crippen LogP contribution in [0.25, 0.3) is 22.2 Å². The van der Waals surface area contributed by atoms with Gasteiger partial charge in [-0.1, -0.05) is 48.0 Å². The maximum absolute atomic E-state index is 13.7. The molecule has 8 heteroatoms. The molecule has 0 bridgehead atoms. The fourth-order valence-electron chi connectivity index (χ4n) is 3.95. The second kappa shape index (κ2) is 7.90. The van der Waals surface area contributed by atoms with E-state index in [9.17, 15) is 8.42 Å². The highest BCUT2D eigenvalue weighted by atomic mass is 32.2. The summed E-state index contributed by atoms with van der Waals surface area (Å²) in [4.78, 5) is 9.55. The number of benzene rings is 3. The number of ether oxygens (including phenoxy) is 1. The van der Waals surface area contributed by atoms with Crippen LogP contribution in [-0.2, 0) is 16.4 Å². The van der Waals surface area contributed by atoms with Gasteiger partial charge < -0.3 is 15.0 Å². The summed E-state index contributed by atoms with van der Waals surface area (Å²) >= 11 is 0. The molecule has 0 aliphatic rings. The van der Waals surface area contributed by atoms with Crippen LogP contribution in [0.1, 0.15) is 11.1 Å². The molecule has 3 aromatic carbocycles. The highest BCUT2D eigenvalue weighted by molar-refractivity contribution is 7.92. The molecule has 0 spiro atoms. The van der Waals surface area contributed by atoms with Crippen LogP contribution >= 0.6 is 0 Å². The molecule has 2 heterocycles. The van der Waals surface area contributed by atoms with Gasteiger partial charge in [-0.25, -0.2) is 18.4 Å². The molecule has 0 unspecified atom stereocenters. The van der Waals surface area contributed by atoms with Crippen LogP contribution in [0.2, 0.25) is 0 Å². The standard InChI is InChI=1S/C25H22N4O3S/c1-16-11-13-18(14-12-16)33(30,31)23-22-25(28-20-9-5-4-8-19(20)27-22)29(24(23)26)15-17-7-3-6-10-21(17)32-2/h3-14H,15,26H2,1-2H3. The summed E-state index contributed by atoms with van der Waals surface area (Å²) in [7, 11) is -2.35. The lowest BCUT2D eigenvalue weighted by Crippen LogP contribution is -2.09. The summed E-state index contributed by atoms with van der Waals surface area (Å²) < 4.78 is 34.6. The Morgan fingerprint density at radius 1 is 0.909 bits per heavy atom. The molecule has 0 aliphatic heterocycles. The molecular weight excluding hydrogens is 436 g/mol. The number of aromatic nitrogens is 3. The highest BCUT2D eigenvalue weighted by Gasteiger charge is 2.30. The molecule has 0 saturated heterocycles. The SMILES string of the molecule is COc1ccccc1Cn1c(N)c(S(=O)(=O)c2ccc(C)cc2)c2nc3ccccc3nc21. The average molecular weight is 459 g/mol. The summed E-state index contributed by atoms with van der Waals surface area (Å²) in [6.07, 6.45) is 0. The van der Waals surface area contributed by atoms with Crippen molar-refractivity contribution in [1.29, 1.82) is 0 Å². The number of rotatable bonds is 5. The molecular formula is C25H22N4O3S. The minimum absolute atomic E-state index is 0.0329. The van der Waals surface area contributed by atoms with E-state index in [0.717, 1.165) is 11.1 Å². The summed E-state index contributed by atoms with van der Waals surface area (Å²) in [6, 6.07) is 21.6. The first kappa shape index (κ1) is 21.0. The number of anilines is 1. The predicted molar refractivity (Wildman–Crippen MR) is 128 cm³/mol. The Labute approximate surface area is 191 Å². The van der Waals surface area contributed by atoms with Gasteiger partial charge >= 0.3 is 0 Å². The zero-order valence-corrected chi connectivity index (χ0v) is 19.0. The van der Waals surface area contributed by atoms with Crippen LogP contribution in [-0.4, -0.2) is 30.1 Å². The number of fused-ring (bicyclic) bond motifs is 2. The topological polar surface area (TPSA) is 100 Å². The van der Waals surface area contributed by atoms with Gasteiger partial charge in [-0.05, 0) is 37.3 Å². The van der Waals surface area contributed by atoms with E-state index in [4.69, 9.17) is 15.5 Å². The first-order valence-corrected chi connectivity index (χ1v) is 11.9.